The number of carbonyl (C=O) groups is 2. The number of fused-ring (bicyclic) bond motifs is 1. The van der Waals surface area contributed by atoms with E-state index >= 15 is 0 Å². The van der Waals surface area contributed by atoms with Gasteiger partial charge in [0.1, 0.15) is 12.2 Å². The first-order chi connectivity index (χ1) is 10.6. The fraction of sp³-hybridized carbons (Fsp3) is 0.684. The van der Waals surface area contributed by atoms with Gasteiger partial charge in [0, 0.05) is 31.1 Å². The van der Waals surface area contributed by atoms with Crippen LogP contribution in [0.2, 0.25) is 0 Å². The zero-order valence-corrected chi connectivity index (χ0v) is 14.6. The van der Waals surface area contributed by atoms with Crippen LogP contribution in [0.5, 0.6) is 0 Å². The van der Waals surface area contributed by atoms with Crippen LogP contribution in [0.4, 0.5) is 0 Å². The minimum Gasteiger partial charge on any atom is -0.462 e. The lowest BCUT2D eigenvalue weighted by molar-refractivity contribution is -0.188. The van der Waals surface area contributed by atoms with Crippen LogP contribution in [0.3, 0.4) is 0 Å². The average molecular weight is 318 g/mol. The second-order valence-corrected chi connectivity index (χ2v) is 8.08. The first-order valence-corrected chi connectivity index (χ1v) is 8.31. The maximum Gasteiger partial charge on any atom is 0.302 e. The van der Waals surface area contributed by atoms with Gasteiger partial charge < -0.3 is 9.47 Å². The quantitative estimate of drug-likeness (QED) is 0.733. The zero-order valence-electron chi connectivity index (χ0n) is 14.6. The molecule has 2 saturated carbocycles. The summed E-state index contributed by atoms with van der Waals surface area (Å²) in [6.45, 7) is 13.6. The lowest BCUT2D eigenvalue weighted by Crippen LogP contribution is -2.64. The molecule has 2 fully saturated rings. The highest BCUT2D eigenvalue weighted by Gasteiger charge is 2.71. The number of rotatable bonds is 2. The fourth-order valence-corrected chi connectivity index (χ4v) is 5.41. The van der Waals surface area contributed by atoms with Crippen molar-refractivity contribution in [3.8, 4) is 0 Å². The molecule has 0 aromatic heterocycles. The van der Waals surface area contributed by atoms with Gasteiger partial charge >= 0.3 is 11.9 Å². The van der Waals surface area contributed by atoms with E-state index in [1.165, 1.54) is 13.8 Å². The van der Waals surface area contributed by atoms with Crippen molar-refractivity contribution in [2.75, 3.05) is 0 Å². The van der Waals surface area contributed by atoms with Gasteiger partial charge in [-0.15, -0.1) is 0 Å². The highest BCUT2D eigenvalue weighted by atomic mass is 16.6. The molecule has 4 bridgehead atoms. The smallest absolute Gasteiger partial charge is 0.302 e. The van der Waals surface area contributed by atoms with E-state index in [-0.39, 0.29) is 40.9 Å². The highest BCUT2D eigenvalue weighted by molar-refractivity contribution is 5.67. The van der Waals surface area contributed by atoms with Crippen molar-refractivity contribution in [3.63, 3.8) is 0 Å². The monoisotopic (exact) mass is 318 g/mol. The van der Waals surface area contributed by atoms with Crippen LogP contribution in [-0.2, 0) is 19.1 Å². The van der Waals surface area contributed by atoms with E-state index in [2.05, 4.69) is 39.5 Å². The molecule has 126 valence electrons. The first kappa shape index (κ1) is 16.3. The Bertz CT molecular complexity index is 602. The van der Waals surface area contributed by atoms with Gasteiger partial charge in [0.2, 0.25) is 0 Å². The molecule has 0 spiro atoms. The number of esters is 2. The van der Waals surface area contributed by atoms with Gasteiger partial charge in [-0.1, -0.05) is 45.1 Å². The summed E-state index contributed by atoms with van der Waals surface area (Å²) in [6.07, 6.45) is 4.33. The summed E-state index contributed by atoms with van der Waals surface area (Å²) >= 11 is 0. The van der Waals surface area contributed by atoms with Gasteiger partial charge in [-0.05, 0) is 17.8 Å². The van der Waals surface area contributed by atoms with E-state index in [9.17, 15) is 9.59 Å². The maximum absolute atomic E-state index is 11.7. The Kier molecular flexibility index (Phi) is 3.51. The summed E-state index contributed by atoms with van der Waals surface area (Å²) in [6, 6.07) is 0. The first-order valence-electron chi connectivity index (χ1n) is 8.31. The molecule has 0 aromatic carbocycles. The van der Waals surface area contributed by atoms with E-state index in [0.717, 1.165) is 5.57 Å². The van der Waals surface area contributed by atoms with Gasteiger partial charge in [-0.3, -0.25) is 9.59 Å². The number of hydrogen-bond donors (Lipinski definition) is 0. The van der Waals surface area contributed by atoms with Crippen LogP contribution in [-0.4, -0.2) is 24.1 Å². The molecular weight excluding hydrogens is 292 g/mol. The van der Waals surface area contributed by atoms with Crippen LogP contribution in [0.1, 0.15) is 41.0 Å². The highest BCUT2D eigenvalue weighted by Crippen LogP contribution is 2.72. The van der Waals surface area contributed by atoms with E-state index in [0.29, 0.717) is 18.3 Å². The third-order valence-electron chi connectivity index (χ3n) is 6.48. The van der Waals surface area contributed by atoms with Gasteiger partial charge in [-0.25, -0.2) is 0 Å². The molecule has 0 aliphatic heterocycles. The van der Waals surface area contributed by atoms with Gasteiger partial charge in [0.05, 0.1) is 0 Å². The van der Waals surface area contributed by atoms with Crippen LogP contribution >= 0.6 is 0 Å². The average Bonchev–Trinajstić information content (AvgIpc) is 2.51. The van der Waals surface area contributed by atoms with Crippen molar-refractivity contribution in [1.29, 1.82) is 0 Å². The van der Waals surface area contributed by atoms with Crippen molar-refractivity contribution in [2.45, 2.75) is 53.2 Å². The van der Waals surface area contributed by atoms with E-state index in [4.69, 9.17) is 9.47 Å². The normalized spacial score (nSPS) is 43.2. The molecule has 0 N–H and O–H groups in total. The van der Waals surface area contributed by atoms with E-state index in [1.54, 1.807) is 0 Å². The topological polar surface area (TPSA) is 52.6 Å². The summed E-state index contributed by atoms with van der Waals surface area (Å²) in [5.41, 5.74) is 0.742. The molecule has 0 heterocycles. The SMILES string of the molecule is C=C1C=C[C@@H]2[C@H]3[C@H]1[C@]2(C)[C@H](OC(C)=O)C[C@@H](OC(C)=O)C3(C)C. The Labute approximate surface area is 137 Å². The number of hydrogen-bond acceptors (Lipinski definition) is 4. The largest absolute Gasteiger partial charge is 0.462 e. The van der Waals surface area contributed by atoms with Gasteiger partial charge in [-0.2, -0.15) is 0 Å². The Morgan fingerprint density at radius 3 is 2.22 bits per heavy atom. The predicted molar refractivity (Wildman–Crippen MR) is 86.4 cm³/mol. The predicted octanol–water partition coefficient (Wildman–Crippen LogP) is 3.27. The third kappa shape index (κ3) is 2.10. The van der Waals surface area contributed by atoms with Crippen molar-refractivity contribution < 1.29 is 19.1 Å². The summed E-state index contributed by atoms with van der Waals surface area (Å²) < 4.78 is 11.4. The molecule has 0 aromatic rings. The van der Waals surface area contributed by atoms with Crippen molar-refractivity contribution in [3.05, 3.63) is 24.3 Å². The number of allylic oxidation sites excluding steroid dienone is 3. The molecule has 4 aliphatic carbocycles. The maximum atomic E-state index is 11.7. The van der Waals surface area contributed by atoms with Crippen LogP contribution < -0.4 is 0 Å². The van der Waals surface area contributed by atoms with Crippen molar-refractivity contribution >= 4 is 11.9 Å². The van der Waals surface area contributed by atoms with Crippen LogP contribution in [0.15, 0.2) is 24.3 Å². The molecule has 23 heavy (non-hydrogen) atoms. The Balaban J connectivity index is 2.07. The second kappa shape index (κ2) is 4.96. The zero-order chi connectivity index (χ0) is 17.2. The molecule has 6 atom stereocenters. The molecule has 0 saturated heterocycles. The standard InChI is InChI=1S/C19H26O4/c1-10-7-8-13-17-16(10)19(13,6)15(23-12(3)21)9-14(18(17,4)5)22-11(2)20/h7-8,13-17H,1,9H2,2-6H3/t13-,14-,15-,16+,17+,19+/m1/s1. The molecule has 4 nitrogen and oxygen atoms in total. The molecule has 4 rings (SSSR count). The molecule has 0 unspecified atom stereocenters. The number of carbonyl (C=O) groups excluding carboxylic acids is 2. The fourth-order valence-electron chi connectivity index (χ4n) is 5.41. The van der Waals surface area contributed by atoms with Gasteiger partial charge in [0.25, 0.3) is 0 Å². The van der Waals surface area contributed by atoms with Gasteiger partial charge in [0.15, 0.2) is 0 Å². The van der Waals surface area contributed by atoms with Crippen molar-refractivity contribution in [2.24, 2.45) is 28.6 Å². The Morgan fingerprint density at radius 2 is 1.70 bits per heavy atom. The lowest BCUT2D eigenvalue weighted by atomic mass is 9.38. The Hall–Kier alpha value is -1.58. The summed E-state index contributed by atoms with van der Waals surface area (Å²) in [4.78, 5) is 23.2. The molecule has 0 radical (unpaired) electrons. The Morgan fingerprint density at radius 1 is 1.13 bits per heavy atom. The third-order valence-corrected chi connectivity index (χ3v) is 6.48. The summed E-state index contributed by atoms with van der Waals surface area (Å²) in [5.74, 6) is 0.368. The second-order valence-electron chi connectivity index (χ2n) is 8.08. The van der Waals surface area contributed by atoms with E-state index in [1.807, 2.05) is 0 Å². The lowest BCUT2D eigenvalue weighted by Gasteiger charge is -2.65. The van der Waals surface area contributed by atoms with Crippen LogP contribution in [0, 0.1) is 28.6 Å². The minimum absolute atomic E-state index is 0.158. The van der Waals surface area contributed by atoms with Crippen LogP contribution in [0.25, 0.3) is 0 Å². The van der Waals surface area contributed by atoms with E-state index < -0.39 is 0 Å². The minimum atomic E-state index is -0.284. The summed E-state index contributed by atoms with van der Waals surface area (Å²) in [7, 11) is 0. The van der Waals surface area contributed by atoms with Crippen molar-refractivity contribution in [1.82, 2.24) is 0 Å². The molecule has 0 amide bonds. The summed E-state index contributed by atoms with van der Waals surface area (Å²) in [5, 5.41) is 0. The molecule has 4 heteroatoms. The molecular formula is C19H26O4. The number of ether oxygens (including phenoxy) is 2. The molecule has 4 aliphatic rings.